The number of rotatable bonds is 5. The summed E-state index contributed by atoms with van der Waals surface area (Å²) in [5, 5.41) is 22.3. The van der Waals surface area contributed by atoms with Crippen molar-refractivity contribution in [3.63, 3.8) is 0 Å². The van der Waals surface area contributed by atoms with Crippen LogP contribution in [-0.4, -0.2) is 30.0 Å². The molecule has 0 atom stereocenters. The van der Waals surface area contributed by atoms with Crippen molar-refractivity contribution in [2.24, 2.45) is 5.92 Å². The smallest absolute Gasteiger partial charge is 0.235 e. The summed E-state index contributed by atoms with van der Waals surface area (Å²) in [6.45, 7) is 4.36. The molecule has 6 nitrogen and oxygen atoms in total. The van der Waals surface area contributed by atoms with Gasteiger partial charge in [0.2, 0.25) is 10.8 Å². The summed E-state index contributed by atoms with van der Waals surface area (Å²) in [4.78, 5) is 0.771. The second kappa shape index (κ2) is 6.57. The molecule has 0 aliphatic heterocycles. The van der Waals surface area contributed by atoms with Gasteiger partial charge >= 0.3 is 0 Å². The minimum absolute atomic E-state index is 0.567. The first-order valence-corrected chi connectivity index (χ1v) is 9.28. The number of nitrogens with zero attached hydrogens (tertiary/aromatic N) is 5. The summed E-state index contributed by atoms with van der Waals surface area (Å²) in [6, 6.07) is 9.83. The van der Waals surface area contributed by atoms with Crippen LogP contribution in [0.15, 0.2) is 30.3 Å². The molecular formula is C17H17ClN6S. The second-order valence-corrected chi connectivity index (χ2v) is 7.87. The topological polar surface area (TPSA) is 71.8 Å². The molecule has 0 aliphatic rings. The molecule has 0 radical (unpaired) electrons. The molecular weight excluding hydrogens is 356 g/mol. The predicted molar refractivity (Wildman–Crippen MR) is 99.0 cm³/mol. The van der Waals surface area contributed by atoms with E-state index in [2.05, 4.69) is 39.3 Å². The number of benzene rings is 1. The number of H-pyrrole nitrogens is 1. The Bertz CT molecular complexity index is 998. The van der Waals surface area contributed by atoms with Crippen molar-refractivity contribution in [2.45, 2.75) is 26.7 Å². The van der Waals surface area contributed by atoms with E-state index >= 15 is 0 Å². The van der Waals surface area contributed by atoms with E-state index in [1.54, 1.807) is 4.52 Å². The minimum atomic E-state index is 0.567. The molecule has 3 aromatic heterocycles. The Morgan fingerprint density at radius 3 is 2.76 bits per heavy atom. The molecule has 0 spiro atoms. The van der Waals surface area contributed by atoms with Crippen LogP contribution in [0.1, 0.15) is 30.1 Å². The Hall–Kier alpha value is -2.25. The van der Waals surface area contributed by atoms with E-state index in [1.165, 1.54) is 11.3 Å². The fraction of sp³-hybridized carbons (Fsp3) is 0.294. The molecule has 0 bridgehead atoms. The van der Waals surface area contributed by atoms with E-state index in [0.717, 1.165) is 44.8 Å². The van der Waals surface area contributed by atoms with E-state index in [4.69, 9.17) is 11.6 Å². The summed E-state index contributed by atoms with van der Waals surface area (Å²) in [5.41, 5.74) is 3.03. The van der Waals surface area contributed by atoms with Crippen molar-refractivity contribution < 1.29 is 0 Å². The number of fused-ring (bicyclic) bond motifs is 1. The van der Waals surface area contributed by atoms with Crippen LogP contribution in [0.5, 0.6) is 0 Å². The maximum atomic E-state index is 5.94. The Kier molecular flexibility index (Phi) is 4.27. The van der Waals surface area contributed by atoms with E-state index in [1.807, 2.05) is 30.3 Å². The molecule has 0 fully saturated rings. The third-order valence-corrected chi connectivity index (χ3v) is 4.94. The number of aromatic amines is 1. The highest BCUT2D eigenvalue weighted by Gasteiger charge is 2.16. The summed E-state index contributed by atoms with van der Waals surface area (Å²) < 4.78 is 1.77. The Morgan fingerprint density at radius 2 is 2.00 bits per heavy atom. The minimum Gasteiger partial charge on any atom is -0.282 e. The SMILES string of the molecule is CC(C)Cc1cc(-c2nnc3sc(Cc4ccc(Cl)cc4)nn23)n[nH]1. The number of hydrogen-bond acceptors (Lipinski definition) is 5. The molecule has 0 unspecified atom stereocenters. The lowest BCUT2D eigenvalue weighted by Gasteiger charge is -1.98. The van der Waals surface area contributed by atoms with Gasteiger partial charge in [0.05, 0.1) is 0 Å². The van der Waals surface area contributed by atoms with E-state index in [-0.39, 0.29) is 0 Å². The van der Waals surface area contributed by atoms with E-state index < -0.39 is 0 Å². The van der Waals surface area contributed by atoms with Gasteiger partial charge < -0.3 is 0 Å². The lowest BCUT2D eigenvalue weighted by molar-refractivity contribution is 0.633. The molecule has 0 amide bonds. The van der Waals surface area contributed by atoms with Crippen LogP contribution in [0, 0.1) is 5.92 Å². The van der Waals surface area contributed by atoms with Crippen molar-refractivity contribution in [2.75, 3.05) is 0 Å². The molecule has 1 N–H and O–H groups in total. The van der Waals surface area contributed by atoms with Crippen molar-refractivity contribution in [3.8, 4) is 11.5 Å². The Morgan fingerprint density at radius 1 is 1.20 bits per heavy atom. The largest absolute Gasteiger partial charge is 0.282 e. The average Bonchev–Trinajstić information content (AvgIpc) is 3.24. The van der Waals surface area contributed by atoms with Gasteiger partial charge in [-0.15, -0.1) is 10.2 Å². The van der Waals surface area contributed by atoms with Crippen LogP contribution in [0.2, 0.25) is 5.02 Å². The Labute approximate surface area is 153 Å². The number of hydrogen-bond donors (Lipinski definition) is 1. The molecule has 0 saturated heterocycles. The molecule has 1 aromatic carbocycles. The van der Waals surface area contributed by atoms with Crippen LogP contribution >= 0.6 is 22.9 Å². The summed E-state index contributed by atoms with van der Waals surface area (Å²) in [7, 11) is 0. The highest BCUT2D eigenvalue weighted by Crippen LogP contribution is 2.23. The molecule has 0 aliphatic carbocycles. The van der Waals surface area contributed by atoms with Gasteiger partial charge in [-0.3, -0.25) is 5.10 Å². The summed E-state index contributed by atoms with van der Waals surface area (Å²) in [6.07, 6.45) is 1.69. The highest BCUT2D eigenvalue weighted by atomic mass is 35.5. The quantitative estimate of drug-likeness (QED) is 0.574. The standard InChI is InChI=1S/C17H17ClN6S/c1-10(2)7-13-9-14(20-19-13)16-21-22-17-24(16)23-15(25-17)8-11-3-5-12(18)6-4-11/h3-6,9-10H,7-8H2,1-2H3,(H,19,20). The van der Waals surface area contributed by atoms with Crippen molar-refractivity contribution in [1.82, 2.24) is 30.0 Å². The normalized spacial score (nSPS) is 11.7. The zero-order chi connectivity index (χ0) is 17.4. The monoisotopic (exact) mass is 372 g/mol. The Balaban J connectivity index is 1.62. The van der Waals surface area contributed by atoms with Gasteiger partial charge in [-0.1, -0.05) is 48.9 Å². The van der Waals surface area contributed by atoms with E-state index in [9.17, 15) is 0 Å². The van der Waals surface area contributed by atoms with Crippen molar-refractivity contribution in [3.05, 3.63) is 51.6 Å². The zero-order valence-electron chi connectivity index (χ0n) is 13.9. The number of nitrogens with one attached hydrogen (secondary N) is 1. The highest BCUT2D eigenvalue weighted by molar-refractivity contribution is 7.16. The summed E-state index contributed by atoms with van der Waals surface area (Å²) >= 11 is 7.47. The lowest BCUT2D eigenvalue weighted by atomic mass is 10.1. The first-order valence-electron chi connectivity index (χ1n) is 8.08. The maximum absolute atomic E-state index is 5.94. The molecule has 4 aromatic rings. The van der Waals surface area contributed by atoms with Gasteiger partial charge in [0.15, 0.2) is 0 Å². The summed E-state index contributed by atoms with van der Waals surface area (Å²) in [5.74, 6) is 1.23. The maximum Gasteiger partial charge on any atom is 0.235 e. The van der Waals surface area contributed by atoms with Crippen LogP contribution in [0.25, 0.3) is 16.5 Å². The van der Waals surface area contributed by atoms with Gasteiger partial charge in [-0.25, -0.2) is 0 Å². The van der Waals surface area contributed by atoms with Gasteiger partial charge in [0.1, 0.15) is 10.7 Å². The van der Waals surface area contributed by atoms with E-state index in [0.29, 0.717) is 11.7 Å². The molecule has 3 heterocycles. The van der Waals surface area contributed by atoms with Crippen molar-refractivity contribution >= 4 is 27.9 Å². The fourth-order valence-corrected chi connectivity index (χ4v) is 3.68. The third kappa shape index (κ3) is 3.43. The molecule has 0 saturated carbocycles. The van der Waals surface area contributed by atoms with Gasteiger partial charge in [-0.2, -0.15) is 14.7 Å². The van der Waals surface area contributed by atoms with Crippen LogP contribution in [-0.2, 0) is 12.8 Å². The second-order valence-electron chi connectivity index (χ2n) is 6.39. The first-order chi connectivity index (χ1) is 12.1. The van der Waals surface area contributed by atoms with Gasteiger partial charge in [-0.05, 0) is 36.1 Å². The predicted octanol–water partition coefficient (Wildman–Crippen LogP) is 4.02. The molecule has 8 heteroatoms. The number of aromatic nitrogens is 6. The fourth-order valence-electron chi connectivity index (χ4n) is 2.69. The first kappa shape index (κ1) is 16.2. The van der Waals surface area contributed by atoms with Crippen molar-refractivity contribution in [1.29, 1.82) is 0 Å². The van der Waals surface area contributed by atoms with Gasteiger partial charge in [0.25, 0.3) is 0 Å². The zero-order valence-corrected chi connectivity index (χ0v) is 15.5. The molecule has 4 rings (SSSR count). The number of halogens is 1. The third-order valence-electron chi connectivity index (χ3n) is 3.79. The van der Waals surface area contributed by atoms with Crippen LogP contribution in [0.3, 0.4) is 0 Å². The molecule has 25 heavy (non-hydrogen) atoms. The van der Waals surface area contributed by atoms with Crippen LogP contribution < -0.4 is 0 Å². The van der Waals surface area contributed by atoms with Crippen LogP contribution in [0.4, 0.5) is 0 Å². The molecule has 128 valence electrons. The lowest BCUT2D eigenvalue weighted by Crippen LogP contribution is -1.94. The average molecular weight is 373 g/mol. The van der Waals surface area contributed by atoms with Gasteiger partial charge in [0, 0.05) is 17.1 Å².